The van der Waals surface area contributed by atoms with Crippen molar-refractivity contribution in [3.8, 4) is 0 Å². The monoisotopic (exact) mass is 555 g/mol. The Morgan fingerprint density at radius 1 is 0.919 bits per heavy atom. The van der Waals surface area contributed by atoms with Gasteiger partial charge in [0, 0.05) is 35.4 Å². The molecule has 0 aliphatic carbocycles. The van der Waals surface area contributed by atoms with Crippen LogP contribution < -0.4 is 10.2 Å². The van der Waals surface area contributed by atoms with Gasteiger partial charge in [0.25, 0.3) is 5.91 Å². The highest BCUT2D eigenvalue weighted by molar-refractivity contribution is 9.10. The SMILES string of the molecule is CNC(=O)[C@@H](Cc1ccccc1)N(Cc1cccc(Br)c1)C(=O)CN1C(=O)c2cccc3cccc1c23. The second-order valence-corrected chi connectivity index (χ2v) is 9.96. The largest absolute Gasteiger partial charge is 0.357 e. The summed E-state index contributed by atoms with van der Waals surface area (Å²) in [6.45, 7) is 0.0608. The summed E-state index contributed by atoms with van der Waals surface area (Å²) < 4.78 is 0.883. The Labute approximate surface area is 224 Å². The standard InChI is InChI=1S/C30H26BrN3O3/c1-32-29(36)26(17-20-8-3-2-4-9-20)33(18-21-10-5-13-23(31)16-21)27(35)19-34-25-15-7-12-22-11-6-14-24(28(22)25)30(34)37/h2-16,26H,17-19H2,1H3,(H,32,36)/t26-/m1/s1. The van der Waals surface area contributed by atoms with E-state index < -0.39 is 6.04 Å². The topological polar surface area (TPSA) is 69.7 Å². The second-order valence-electron chi connectivity index (χ2n) is 9.04. The fraction of sp³-hybridized carbons (Fsp3) is 0.167. The number of amides is 3. The van der Waals surface area contributed by atoms with E-state index in [9.17, 15) is 14.4 Å². The van der Waals surface area contributed by atoms with Gasteiger partial charge in [0.2, 0.25) is 11.8 Å². The van der Waals surface area contributed by atoms with Gasteiger partial charge < -0.3 is 10.2 Å². The van der Waals surface area contributed by atoms with Crippen LogP contribution in [0.2, 0.25) is 0 Å². The molecule has 0 bridgehead atoms. The summed E-state index contributed by atoms with van der Waals surface area (Å²) in [6.07, 6.45) is 0.351. The van der Waals surface area contributed by atoms with E-state index in [4.69, 9.17) is 0 Å². The van der Waals surface area contributed by atoms with Crippen molar-refractivity contribution in [2.45, 2.75) is 19.0 Å². The minimum absolute atomic E-state index is 0.164. The van der Waals surface area contributed by atoms with Gasteiger partial charge in [0.05, 0.1) is 5.69 Å². The Morgan fingerprint density at radius 2 is 1.62 bits per heavy atom. The summed E-state index contributed by atoms with van der Waals surface area (Å²) in [5.41, 5.74) is 3.13. The maximum Gasteiger partial charge on any atom is 0.259 e. The smallest absolute Gasteiger partial charge is 0.259 e. The molecule has 0 unspecified atom stereocenters. The predicted octanol–water partition coefficient (Wildman–Crippen LogP) is 4.95. The summed E-state index contributed by atoms with van der Waals surface area (Å²) in [6, 6.07) is 27.9. The van der Waals surface area contributed by atoms with Crippen molar-refractivity contribution in [2.75, 3.05) is 18.5 Å². The highest BCUT2D eigenvalue weighted by Crippen LogP contribution is 2.37. The number of nitrogens with one attached hydrogen (secondary N) is 1. The highest BCUT2D eigenvalue weighted by Gasteiger charge is 2.35. The van der Waals surface area contributed by atoms with E-state index in [0.29, 0.717) is 17.7 Å². The quantitative estimate of drug-likeness (QED) is 0.334. The molecule has 6 nitrogen and oxygen atoms in total. The third-order valence-corrected chi connectivity index (χ3v) is 7.20. The van der Waals surface area contributed by atoms with E-state index in [2.05, 4.69) is 21.2 Å². The molecular formula is C30H26BrN3O3. The van der Waals surface area contributed by atoms with E-state index in [1.165, 1.54) is 4.90 Å². The van der Waals surface area contributed by atoms with Gasteiger partial charge in [-0.1, -0.05) is 82.7 Å². The van der Waals surface area contributed by atoms with Gasteiger partial charge in [0.15, 0.2) is 0 Å². The molecule has 1 aliphatic heterocycles. The maximum atomic E-state index is 14.0. The lowest BCUT2D eigenvalue weighted by molar-refractivity contribution is -0.140. The van der Waals surface area contributed by atoms with Crippen molar-refractivity contribution in [3.63, 3.8) is 0 Å². The fourth-order valence-corrected chi connectivity index (χ4v) is 5.36. The van der Waals surface area contributed by atoms with E-state index in [1.807, 2.05) is 84.9 Å². The molecule has 4 aromatic carbocycles. The number of benzene rings is 4. The van der Waals surface area contributed by atoms with E-state index in [-0.39, 0.29) is 30.8 Å². The third-order valence-electron chi connectivity index (χ3n) is 6.70. The molecule has 37 heavy (non-hydrogen) atoms. The molecule has 0 spiro atoms. The van der Waals surface area contributed by atoms with Gasteiger partial charge in [-0.2, -0.15) is 0 Å². The number of rotatable bonds is 8. The molecule has 0 aromatic heterocycles. The Bertz CT molecular complexity index is 1480. The summed E-state index contributed by atoms with van der Waals surface area (Å²) in [5.74, 6) is -0.768. The van der Waals surface area contributed by atoms with Crippen LogP contribution in [0.3, 0.4) is 0 Å². The van der Waals surface area contributed by atoms with Crippen molar-refractivity contribution in [1.29, 1.82) is 0 Å². The van der Waals surface area contributed by atoms with Crippen LogP contribution in [-0.4, -0.2) is 42.3 Å². The number of carbonyl (C=O) groups excluding carboxylic acids is 3. The summed E-state index contributed by atoms with van der Waals surface area (Å²) in [7, 11) is 1.57. The minimum Gasteiger partial charge on any atom is -0.357 e. The van der Waals surface area contributed by atoms with Gasteiger partial charge in [-0.3, -0.25) is 19.3 Å². The lowest BCUT2D eigenvalue weighted by Gasteiger charge is -2.32. The number of hydrogen-bond donors (Lipinski definition) is 1. The van der Waals surface area contributed by atoms with Gasteiger partial charge in [-0.25, -0.2) is 0 Å². The third kappa shape index (κ3) is 5.00. The second kappa shape index (κ2) is 10.6. The van der Waals surface area contributed by atoms with Crippen molar-refractivity contribution >= 4 is 50.1 Å². The molecule has 7 heteroatoms. The molecule has 1 heterocycles. The van der Waals surface area contributed by atoms with Crippen LogP contribution in [0.5, 0.6) is 0 Å². The van der Waals surface area contributed by atoms with Crippen molar-refractivity contribution < 1.29 is 14.4 Å². The molecule has 0 saturated carbocycles. The molecule has 1 N–H and O–H groups in total. The van der Waals surface area contributed by atoms with Crippen LogP contribution in [0.25, 0.3) is 10.8 Å². The number of anilines is 1. The van der Waals surface area contributed by atoms with Crippen molar-refractivity contribution in [2.24, 2.45) is 0 Å². The molecule has 3 amide bonds. The van der Waals surface area contributed by atoms with Gasteiger partial charge in [0.1, 0.15) is 12.6 Å². The molecule has 0 saturated heterocycles. The minimum atomic E-state index is -0.755. The van der Waals surface area contributed by atoms with Crippen LogP contribution in [0, 0.1) is 0 Å². The van der Waals surface area contributed by atoms with Gasteiger partial charge in [-0.05, 0) is 40.8 Å². The molecule has 1 aliphatic rings. The lowest BCUT2D eigenvalue weighted by atomic mass is 10.0. The Balaban J connectivity index is 1.50. The Kier molecular flexibility index (Phi) is 7.06. The first-order valence-corrected chi connectivity index (χ1v) is 12.9. The molecule has 0 fully saturated rings. The normalized spacial score (nSPS) is 13.0. The number of halogens is 1. The fourth-order valence-electron chi connectivity index (χ4n) is 4.91. The summed E-state index contributed by atoms with van der Waals surface area (Å²) >= 11 is 3.50. The first-order chi connectivity index (χ1) is 18.0. The lowest BCUT2D eigenvalue weighted by Crippen LogP contribution is -2.52. The predicted molar refractivity (Wildman–Crippen MR) is 148 cm³/mol. The van der Waals surface area contributed by atoms with Gasteiger partial charge in [-0.15, -0.1) is 0 Å². The first kappa shape index (κ1) is 24.7. The number of hydrogen-bond acceptors (Lipinski definition) is 3. The summed E-state index contributed by atoms with van der Waals surface area (Å²) in [4.78, 5) is 43.6. The molecule has 4 aromatic rings. The molecule has 5 rings (SSSR count). The van der Waals surface area contributed by atoms with Crippen molar-refractivity contribution in [1.82, 2.24) is 10.2 Å². The average Bonchev–Trinajstić information content (AvgIpc) is 3.18. The zero-order chi connectivity index (χ0) is 25.9. The molecule has 186 valence electrons. The molecule has 1 atom stereocenters. The highest BCUT2D eigenvalue weighted by atomic mass is 79.9. The van der Waals surface area contributed by atoms with E-state index >= 15 is 0 Å². The number of nitrogens with zero attached hydrogens (tertiary/aromatic N) is 2. The zero-order valence-corrected chi connectivity index (χ0v) is 21.9. The number of likely N-dealkylation sites (N-methyl/N-ethyl adjacent to an activating group) is 1. The van der Waals surface area contributed by atoms with Crippen LogP contribution in [0.15, 0.2) is 95.5 Å². The van der Waals surface area contributed by atoms with Crippen molar-refractivity contribution in [3.05, 3.63) is 112 Å². The molecular weight excluding hydrogens is 530 g/mol. The number of carbonyl (C=O) groups is 3. The average molecular weight is 556 g/mol. The van der Waals surface area contributed by atoms with E-state index in [0.717, 1.165) is 26.4 Å². The van der Waals surface area contributed by atoms with E-state index in [1.54, 1.807) is 18.0 Å². The summed E-state index contributed by atoms with van der Waals surface area (Å²) in [5, 5.41) is 4.54. The Morgan fingerprint density at radius 3 is 2.35 bits per heavy atom. The van der Waals surface area contributed by atoms with Gasteiger partial charge >= 0.3 is 0 Å². The van der Waals surface area contributed by atoms with Crippen LogP contribution >= 0.6 is 15.9 Å². The zero-order valence-electron chi connectivity index (χ0n) is 20.4. The molecule has 0 radical (unpaired) electrons. The van der Waals surface area contributed by atoms with Crippen LogP contribution in [0.1, 0.15) is 21.5 Å². The van der Waals surface area contributed by atoms with Crippen LogP contribution in [0.4, 0.5) is 5.69 Å². The van der Waals surface area contributed by atoms with Crippen LogP contribution in [-0.2, 0) is 22.6 Å². The maximum absolute atomic E-state index is 14.0. The first-order valence-electron chi connectivity index (χ1n) is 12.1. The Hall–Kier alpha value is -3.97.